The van der Waals surface area contributed by atoms with Crippen LogP contribution in [0, 0.1) is 29.5 Å². The molecule has 2 saturated carbocycles. The Hall–Kier alpha value is -8.44. The zero-order valence-corrected chi connectivity index (χ0v) is 66.3. The van der Waals surface area contributed by atoms with E-state index < -0.39 is 174 Å². The number of rotatable bonds is 16. The molecule has 3 aliphatic heterocycles. The molecular weight excluding hydrogens is 1420 g/mol. The van der Waals surface area contributed by atoms with E-state index >= 15 is 38.0 Å². The first-order valence-electron chi connectivity index (χ1n) is 38.8. The number of amides is 12. The van der Waals surface area contributed by atoms with Crippen LogP contribution < -0.4 is 20.7 Å². The first kappa shape index (κ1) is 87.8. The van der Waals surface area contributed by atoms with Crippen molar-refractivity contribution in [2.24, 2.45) is 23.7 Å². The second-order valence-corrected chi connectivity index (χ2v) is 31.8. The third-order valence-electron chi connectivity index (χ3n) is 22.7. The summed E-state index contributed by atoms with van der Waals surface area (Å²) in [7, 11) is 11.2. The van der Waals surface area contributed by atoms with E-state index in [9.17, 15) is 37.1 Å². The number of aryl methyl sites for hydroxylation is 1. The van der Waals surface area contributed by atoms with Crippen LogP contribution in [0.25, 0.3) is 0 Å². The normalized spacial score (nSPS) is 25.4. The maximum absolute atomic E-state index is 15.8. The fourth-order valence-corrected chi connectivity index (χ4v) is 15.7. The molecule has 0 radical (unpaired) electrons. The monoisotopic (exact) mass is 1530 g/mol. The Morgan fingerprint density at radius 3 is 1.86 bits per heavy atom. The topological polar surface area (TPSA) is 289 Å². The van der Waals surface area contributed by atoms with Gasteiger partial charge in [-0.2, -0.15) is 13.2 Å². The predicted molar refractivity (Wildman–Crippen MR) is 398 cm³/mol. The number of piperidine rings is 1. The molecule has 7 rings (SSSR count). The van der Waals surface area contributed by atoms with Crippen molar-refractivity contribution in [2.75, 3.05) is 95.7 Å². The Kier molecular flexibility index (Phi) is 31.8. The molecule has 3 saturated heterocycles. The molecule has 3 heterocycles. The summed E-state index contributed by atoms with van der Waals surface area (Å²) >= 11 is 0. The summed E-state index contributed by atoms with van der Waals surface area (Å²) in [6.45, 7) is 9.50. The van der Waals surface area contributed by atoms with Gasteiger partial charge in [-0.15, -0.1) is 0 Å². The zero-order chi connectivity index (χ0) is 80.5. The minimum atomic E-state index is -5.04. The number of halogens is 4. The van der Waals surface area contributed by atoms with Crippen LogP contribution in [0.2, 0.25) is 0 Å². The summed E-state index contributed by atoms with van der Waals surface area (Å²) in [5, 5.41) is 8.67. The number of benzene rings is 2. The lowest BCUT2D eigenvalue weighted by atomic mass is 9.84. The Morgan fingerprint density at radius 1 is 0.633 bits per heavy atom. The predicted octanol–water partition coefficient (Wildman–Crippen LogP) is 6.58. The van der Waals surface area contributed by atoms with Crippen LogP contribution in [0.15, 0.2) is 42.5 Å². The summed E-state index contributed by atoms with van der Waals surface area (Å²) in [6, 6.07) is -0.166. The lowest BCUT2D eigenvalue weighted by molar-refractivity contribution is -0.155. The van der Waals surface area contributed by atoms with Crippen LogP contribution >= 0.6 is 0 Å². The standard InChI is InChI=1S/C79H118F4N12O14/c1-15-51(6)69-76(106)89(9)46-67(98)87(7)47-68(99)91(11)63(41-52-25-18-16-19-26-52)73(103)88(8)45-65(96)84-59(32-30-53-29-31-57(58(80)40-53)79(81,82)83)72(102)95-44-56(109-48-54-27-24-28-55(39-54)108-14)42-61(95)71(101)86-78(33-20-21-34-78)77(107)93(13)62(38-50(4)5)74(104)92(12)64(75(105)94-35-22-17-23-36-94)43-66(97)90(10)60(37-49(2)3)70(100)85-69/h24,27-29,31,39-40,49-52,56,59-64,69H,15-23,25-26,30,32-38,41-48H2,1-14H3,(H,84,96)(H,85,100)(H,86,101)/t51-,56-,59-,60-,61-,62-,63-,64-,69-/m0/s1. The molecule has 5 aliphatic rings. The number of likely N-dealkylation sites (tertiary alicyclic amines) is 1. The summed E-state index contributed by atoms with van der Waals surface area (Å²) in [4.78, 5) is 192. The molecule has 12 amide bonds. The van der Waals surface area contributed by atoms with Gasteiger partial charge in [-0.3, -0.25) is 57.5 Å². The highest BCUT2D eigenvalue weighted by atomic mass is 19.4. The number of carbonyl (C=O) groups is 12. The second kappa shape index (κ2) is 39.5. The van der Waals surface area contributed by atoms with Crippen molar-refractivity contribution in [3.8, 4) is 5.75 Å². The summed E-state index contributed by atoms with van der Waals surface area (Å²) in [5.74, 6) is -10.6. The lowest BCUT2D eigenvalue weighted by Crippen LogP contribution is -2.64. The number of carbonyl (C=O) groups excluding carboxylic acids is 12. The van der Waals surface area contributed by atoms with E-state index in [4.69, 9.17) is 9.47 Å². The Morgan fingerprint density at radius 2 is 1.25 bits per heavy atom. The highest BCUT2D eigenvalue weighted by Gasteiger charge is 2.52. The Labute approximate surface area is 639 Å². The van der Waals surface area contributed by atoms with Gasteiger partial charge in [0.05, 0.1) is 51.4 Å². The van der Waals surface area contributed by atoms with Gasteiger partial charge >= 0.3 is 6.18 Å². The molecule has 2 aliphatic carbocycles. The van der Waals surface area contributed by atoms with Crippen LogP contribution in [0.3, 0.4) is 0 Å². The lowest BCUT2D eigenvalue weighted by Gasteiger charge is -2.41. The minimum Gasteiger partial charge on any atom is -0.497 e. The summed E-state index contributed by atoms with van der Waals surface area (Å²) in [6.07, 6.45) is 0.691. The number of ether oxygens (including phenoxy) is 2. The number of likely N-dealkylation sites (N-methyl/N-ethyl adjacent to an activating group) is 7. The van der Waals surface area contributed by atoms with Gasteiger partial charge in [-0.25, -0.2) is 4.39 Å². The van der Waals surface area contributed by atoms with E-state index in [0.29, 0.717) is 68.6 Å². The average molecular weight is 1540 g/mol. The first-order valence-corrected chi connectivity index (χ1v) is 38.8. The number of methoxy groups -OCH3 is 1. The van der Waals surface area contributed by atoms with Gasteiger partial charge in [-0.05, 0) is 123 Å². The molecule has 0 bridgehead atoms. The van der Waals surface area contributed by atoms with Crippen LogP contribution in [-0.2, 0) is 81.5 Å². The third kappa shape index (κ3) is 23.1. The molecular formula is C79H118F4N12O14. The van der Waals surface area contributed by atoms with E-state index in [0.717, 1.165) is 59.3 Å². The molecule has 3 N–H and O–H groups in total. The number of hydrogen-bond donors (Lipinski definition) is 3. The Bertz CT molecular complexity index is 3550. The molecule has 0 aromatic heterocycles. The Balaban J connectivity index is 1.33. The minimum absolute atomic E-state index is 0.0168. The van der Waals surface area contributed by atoms with Crippen molar-refractivity contribution in [2.45, 2.75) is 237 Å². The average Bonchev–Trinajstić information content (AvgIpc) is 1.70. The van der Waals surface area contributed by atoms with Gasteiger partial charge in [0.25, 0.3) is 0 Å². The van der Waals surface area contributed by atoms with Gasteiger partial charge in [0.1, 0.15) is 59.4 Å². The van der Waals surface area contributed by atoms with Gasteiger partial charge in [0.15, 0.2) is 0 Å². The van der Waals surface area contributed by atoms with Crippen molar-refractivity contribution in [3.05, 3.63) is 65.0 Å². The van der Waals surface area contributed by atoms with Crippen molar-refractivity contribution in [3.63, 3.8) is 0 Å². The van der Waals surface area contributed by atoms with E-state index in [-0.39, 0.29) is 87.8 Å². The van der Waals surface area contributed by atoms with Crippen molar-refractivity contribution in [1.29, 1.82) is 0 Å². The molecule has 606 valence electrons. The molecule has 9 atom stereocenters. The van der Waals surface area contributed by atoms with E-state index in [1.165, 1.54) is 80.9 Å². The van der Waals surface area contributed by atoms with Gasteiger partial charge in [0, 0.05) is 75.4 Å². The van der Waals surface area contributed by atoms with Gasteiger partial charge in [-0.1, -0.05) is 111 Å². The van der Waals surface area contributed by atoms with Crippen molar-refractivity contribution >= 4 is 70.9 Å². The molecule has 2 aromatic carbocycles. The molecule has 0 unspecified atom stereocenters. The van der Waals surface area contributed by atoms with Crippen LogP contribution in [0.1, 0.15) is 180 Å². The summed E-state index contributed by atoms with van der Waals surface area (Å²) in [5.41, 5.74) is -2.55. The zero-order valence-electron chi connectivity index (χ0n) is 66.3. The fraction of sp³-hybridized carbons (Fsp3) is 0.696. The molecule has 26 nitrogen and oxygen atoms in total. The maximum Gasteiger partial charge on any atom is 0.419 e. The number of alkyl halides is 3. The molecule has 5 fully saturated rings. The molecule has 30 heteroatoms. The maximum atomic E-state index is 15.8. The number of nitrogens with zero attached hydrogens (tertiary/aromatic N) is 9. The largest absolute Gasteiger partial charge is 0.497 e. The quantitative estimate of drug-likeness (QED) is 0.150. The van der Waals surface area contributed by atoms with E-state index in [2.05, 4.69) is 16.0 Å². The van der Waals surface area contributed by atoms with Crippen LogP contribution in [0.5, 0.6) is 5.75 Å². The van der Waals surface area contributed by atoms with Crippen molar-refractivity contribution in [1.82, 2.24) is 60.0 Å². The second-order valence-electron chi connectivity index (χ2n) is 31.8. The van der Waals surface area contributed by atoms with Crippen LogP contribution in [-0.4, -0.2) is 265 Å². The first-order chi connectivity index (χ1) is 51.4. The van der Waals surface area contributed by atoms with E-state index in [1.807, 2.05) is 34.6 Å². The number of nitrogens with one attached hydrogen (secondary N) is 3. The van der Waals surface area contributed by atoms with Gasteiger partial charge < -0.3 is 69.5 Å². The molecule has 2 aromatic rings. The van der Waals surface area contributed by atoms with Crippen molar-refractivity contribution < 1.29 is 84.6 Å². The highest BCUT2D eigenvalue weighted by Crippen LogP contribution is 2.37. The van der Waals surface area contributed by atoms with E-state index in [1.54, 1.807) is 36.1 Å². The SMILES string of the molecule is CC[C@H](C)[C@@H]1NC(=O)[C@H](CC(C)C)N(C)C(=O)C[C@@H](C(=O)N2CCCCC2)N(C)C(=O)[C@H](CC(C)C)N(C)C(=O)C2(CCCC2)NC(=O)[C@@H]2C[C@H](OCc3cccc(OC)c3)CN2C(=O)[C@H](CCc2ccc(C(F)(F)F)c(F)c2)NC(=O)CN(C)C(=O)[C@H](CC2CCCCC2)N(C)C(=O)CN(C)C(=O)CN(C)C1=O. The molecule has 1 spiro atoms. The van der Waals surface area contributed by atoms with Gasteiger partial charge in [0.2, 0.25) is 70.9 Å². The smallest absolute Gasteiger partial charge is 0.419 e. The molecule has 109 heavy (non-hydrogen) atoms. The summed E-state index contributed by atoms with van der Waals surface area (Å²) < 4.78 is 68.9. The third-order valence-corrected chi connectivity index (χ3v) is 22.7. The number of hydrogen-bond acceptors (Lipinski definition) is 14. The number of fused-ring (bicyclic) bond motifs is 1. The van der Waals surface area contributed by atoms with Crippen LogP contribution in [0.4, 0.5) is 17.6 Å². The fourth-order valence-electron chi connectivity index (χ4n) is 15.7. The highest BCUT2D eigenvalue weighted by molar-refractivity contribution is 6.01.